The fourth-order valence-corrected chi connectivity index (χ4v) is 2.99. The van der Waals surface area contributed by atoms with Crippen molar-refractivity contribution in [1.29, 1.82) is 5.26 Å². The first-order chi connectivity index (χ1) is 11.9. The van der Waals surface area contributed by atoms with Crippen molar-refractivity contribution in [2.24, 2.45) is 5.41 Å². The smallest absolute Gasteiger partial charge is 0.253 e. The molecule has 5 nitrogen and oxygen atoms in total. The van der Waals surface area contributed by atoms with Crippen molar-refractivity contribution in [3.63, 3.8) is 0 Å². The summed E-state index contributed by atoms with van der Waals surface area (Å²) in [4.78, 5) is 14.4. The van der Waals surface area contributed by atoms with Crippen molar-refractivity contribution in [2.45, 2.75) is 45.6 Å². The van der Waals surface area contributed by atoms with Crippen LogP contribution in [0.2, 0.25) is 0 Å². The molecular weight excluding hydrogens is 314 g/mol. The van der Waals surface area contributed by atoms with Gasteiger partial charge < -0.3 is 15.0 Å². The summed E-state index contributed by atoms with van der Waals surface area (Å²) in [5, 5.41) is 12.4. The molecule has 2 rings (SSSR count). The average Bonchev–Trinajstić information content (AvgIpc) is 2.65. The number of carbonyl (C=O) groups excluding carboxylic acids is 1. The number of hydrogen-bond donors (Lipinski definition) is 1. The van der Waals surface area contributed by atoms with Crippen LogP contribution in [0.5, 0.6) is 0 Å². The van der Waals surface area contributed by atoms with Gasteiger partial charge in [0.25, 0.3) is 5.91 Å². The van der Waals surface area contributed by atoms with Crippen LogP contribution in [0.3, 0.4) is 0 Å². The van der Waals surface area contributed by atoms with E-state index in [9.17, 15) is 4.79 Å². The molecule has 1 N–H and O–H groups in total. The summed E-state index contributed by atoms with van der Waals surface area (Å²) < 4.78 is 5.36. The zero-order valence-electron chi connectivity index (χ0n) is 15.5. The maximum Gasteiger partial charge on any atom is 0.253 e. The Labute approximate surface area is 151 Å². The lowest BCUT2D eigenvalue weighted by molar-refractivity contribution is 0.0362. The molecule has 0 bridgehead atoms. The van der Waals surface area contributed by atoms with E-state index in [4.69, 9.17) is 10.00 Å². The molecule has 0 spiro atoms. The normalized spacial score (nSPS) is 15.4. The standard InChI is InChI=1S/C20H29N3O2/c1-20(2,15-21)11-4-12-22-17-7-5-16(6-8-17)19(24)23(3)18-9-13-25-14-10-18/h5-8,18,22H,4,9-14H2,1-3H3. The lowest BCUT2D eigenvalue weighted by Gasteiger charge is -2.31. The summed E-state index contributed by atoms with van der Waals surface area (Å²) in [5.41, 5.74) is 1.44. The van der Waals surface area contributed by atoms with Crippen molar-refractivity contribution in [3.05, 3.63) is 29.8 Å². The van der Waals surface area contributed by atoms with E-state index in [0.29, 0.717) is 5.56 Å². The van der Waals surface area contributed by atoms with Gasteiger partial charge in [-0.3, -0.25) is 4.79 Å². The van der Waals surface area contributed by atoms with E-state index in [2.05, 4.69) is 11.4 Å². The van der Waals surface area contributed by atoms with Crippen LogP contribution in [-0.4, -0.2) is 43.7 Å². The lowest BCUT2D eigenvalue weighted by atomic mass is 9.90. The van der Waals surface area contributed by atoms with Gasteiger partial charge in [-0.1, -0.05) is 0 Å². The molecule has 5 heteroatoms. The fourth-order valence-electron chi connectivity index (χ4n) is 2.99. The van der Waals surface area contributed by atoms with Crippen LogP contribution in [-0.2, 0) is 4.74 Å². The number of nitrogens with one attached hydrogen (secondary N) is 1. The maximum atomic E-state index is 12.6. The largest absolute Gasteiger partial charge is 0.385 e. The number of rotatable bonds is 7. The third kappa shape index (κ3) is 5.75. The number of hydrogen-bond acceptors (Lipinski definition) is 4. The molecular formula is C20H29N3O2. The van der Waals surface area contributed by atoms with Gasteiger partial charge in [-0.15, -0.1) is 0 Å². The van der Waals surface area contributed by atoms with Crippen molar-refractivity contribution >= 4 is 11.6 Å². The number of nitriles is 1. The first-order valence-electron chi connectivity index (χ1n) is 9.03. The van der Waals surface area contributed by atoms with Crippen LogP contribution in [0.4, 0.5) is 5.69 Å². The van der Waals surface area contributed by atoms with E-state index in [1.807, 2.05) is 50.1 Å². The minimum atomic E-state index is -0.271. The molecule has 0 saturated carbocycles. The van der Waals surface area contributed by atoms with Gasteiger partial charge in [-0.2, -0.15) is 5.26 Å². The predicted octanol–water partition coefficient (Wildman–Crippen LogP) is 3.68. The summed E-state index contributed by atoms with van der Waals surface area (Å²) in [7, 11) is 1.88. The number of anilines is 1. The van der Waals surface area contributed by atoms with Crippen LogP contribution in [0, 0.1) is 16.7 Å². The van der Waals surface area contributed by atoms with Crippen molar-refractivity contribution < 1.29 is 9.53 Å². The summed E-state index contributed by atoms with van der Waals surface area (Å²) in [6, 6.07) is 10.2. The molecule has 0 unspecified atom stereocenters. The van der Waals surface area contributed by atoms with E-state index in [1.165, 1.54) is 0 Å². The van der Waals surface area contributed by atoms with Crippen molar-refractivity contribution in [3.8, 4) is 6.07 Å². The SMILES string of the molecule is CN(C(=O)c1ccc(NCCCC(C)(C)C#N)cc1)C1CCOCC1. The van der Waals surface area contributed by atoms with Crippen molar-refractivity contribution in [1.82, 2.24) is 4.90 Å². The van der Waals surface area contributed by atoms with Gasteiger partial charge in [-0.05, 0) is 63.8 Å². The third-order valence-electron chi connectivity index (χ3n) is 4.80. The van der Waals surface area contributed by atoms with Gasteiger partial charge in [-0.25, -0.2) is 0 Å². The van der Waals surface area contributed by atoms with Gasteiger partial charge in [0.15, 0.2) is 0 Å². The second kappa shape index (κ2) is 8.87. The van der Waals surface area contributed by atoms with Crippen molar-refractivity contribution in [2.75, 3.05) is 32.1 Å². The number of ether oxygens (including phenoxy) is 1. The van der Waals surface area contributed by atoms with E-state index < -0.39 is 0 Å². The molecule has 1 aromatic carbocycles. The Morgan fingerprint density at radius 1 is 1.32 bits per heavy atom. The number of nitrogens with zero attached hydrogens (tertiary/aromatic N) is 2. The zero-order valence-corrected chi connectivity index (χ0v) is 15.5. The predicted molar refractivity (Wildman–Crippen MR) is 99.5 cm³/mol. The molecule has 1 aliphatic rings. The first kappa shape index (κ1) is 19.3. The Morgan fingerprint density at radius 3 is 2.56 bits per heavy atom. The molecule has 0 atom stereocenters. The highest BCUT2D eigenvalue weighted by Gasteiger charge is 2.23. The van der Waals surface area contributed by atoms with E-state index in [0.717, 1.165) is 51.1 Å². The van der Waals surface area contributed by atoms with Gasteiger partial charge in [0.05, 0.1) is 11.5 Å². The highest BCUT2D eigenvalue weighted by atomic mass is 16.5. The third-order valence-corrected chi connectivity index (χ3v) is 4.80. The highest BCUT2D eigenvalue weighted by molar-refractivity contribution is 5.94. The molecule has 0 aliphatic carbocycles. The Morgan fingerprint density at radius 2 is 1.96 bits per heavy atom. The molecule has 0 aromatic heterocycles. The maximum absolute atomic E-state index is 12.6. The van der Waals surface area contributed by atoms with Gasteiger partial charge in [0.2, 0.25) is 0 Å². The molecule has 1 aliphatic heterocycles. The second-order valence-corrected chi connectivity index (χ2v) is 7.36. The monoisotopic (exact) mass is 343 g/mol. The molecule has 136 valence electrons. The highest BCUT2D eigenvalue weighted by Crippen LogP contribution is 2.21. The molecule has 0 radical (unpaired) electrons. The minimum Gasteiger partial charge on any atom is -0.385 e. The Bertz CT molecular complexity index is 598. The topological polar surface area (TPSA) is 65.4 Å². The van der Waals surface area contributed by atoms with Crippen LogP contribution in [0.1, 0.15) is 49.9 Å². The summed E-state index contributed by atoms with van der Waals surface area (Å²) >= 11 is 0. The van der Waals surface area contributed by atoms with E-state index in [1.54, 1.807) is 0 Å². The van der Waals surface area contributed by atoms with Crippen LogP contribution >= 0.6 is 0 Å². The first-order valence-corrected chi connectivity index (χ1v) is 9.03. The number of benzene rings is 1. The summed E-state index contributed by atoms with van der Waals surface area (Å²) in [6.45, 7) is 6.20. The Hall–Kier alpha value is -2.06. The zero-order chi connectivity index (χ0) is 18.3. The van der Waals surface area contributed by atoms with Gasteiger partial charge >= 0.3 is 0 Å². The van der Waals surface area contributed by atoms with Crippen LogP contribution < -0.4 is 5.32 Å². The van der Waals surface area contributed by atoms with Gasteiger partial charge in [0.1, 0.15) is 0 Å². The minimum absolute atomic E-state index is 0.0641. The fraction of sp³-hybridized carbons (Fsp3) is 0.600. The number of carbonyl (C=O) groups is 1. The molecule has 25 heavy (non-hydrogen) atoms. The Kier molecular flexibility index (Phi) is 6.83. The van der Waals surface area contributed by atoms with Crippen LogP contribution in [0.15, 0.2) is 24.3 Å². The second-order valence-electron chi connectivity index (χ2n) is 7.36. The molecule has 1 fully saturated rings. The summed E-state index contributed by atoms with van der Waals surface area (Å²) in [5.74, 6) is 0.0641. The summed E-state index contributed by atoms with van der Waals surface area (Å²) in [6.07, 6.45) is 3.61. The van der Waals surface area contributed by atoms with E-state index >= 15 is 0 Å². The molecule has 1 aromatic rings. The lowest BCUT2D eigenvalue weighted by Crippen LogP contribution is -2.40. The number of amides is 1. The molecule has 1 heterocycles. The van der Waals surface area contributed by atoms with E-state index in [-0.39, 0.29) is 17.4 Å². The van der Waals surface area contributed by atoms with Crippen LogP contribution in [0.25, 0.3) is 0 Å². The quantitative estimate of drug-likeness (QED) is 0.767. The average molecular weight is 343 g/mol. The molecule has 1 amide bonds. The Balaban J connectivity index is 1.82. The molecule has 1 saturated heterocycles. The van der Waals surface area contributed by atoms with Gasteiger partial charge in [0, 0.05) is 44.1 Å².